The molecule has 1 fully saturated rings. The highest BCUT2D eigenvalue weighted by atomic mass is 16.2. The van der Waals surface area contributed by atoms with Gasteiger partial charge in [-0.25, -0.2) is 0 Å². The van der Waals surface area contributed by atoms with E-state index in [2.05, 4.69) is 4.98 Å². The number of hydrogen-bond donors (Lipinski definition) is 1. The van der Waals surface area contributed by atoms with Crippen molar-refractivity contribution in [3.05, 3.63) is 53.9 Å². The van der Waals surface area contributed by atoms with Gasteiger partial charge in [0.2, 0.25) is 0 Å². The number of allylic oxidation sites excluding steroid dienone is 1. The topological polar surface area (TPSA) is 76.3 Å². The first-order chi connectivity index (χ1) is 11.8. The molecule has 1 aromatic carbocycles. The van der Waals surface area contributed by atoms with Crippen LogP contribution in [0.5, 0.6) is 0 Å². The molecule has 0 bridgehead atoms. The Morgan fingerprint density at radius 3 is 2.64 bits per heavy atom. The van der Waals surface area contributed by atoms with Crippen LogP contribution in [0.2, 0.25) is 0 Å². The molecule has 0 atom stereocenters. The second-order valence-corrected chi connectivity index (χ2v) is 7.89. The SMILES string of the molecule is CC1(C)CC2(C=C(N)C1=O)CN(C(=O)c1cccc3cccnc13)C2. The summed E-state index contributed by atoms with van der Waals surface area (Å²) in [7, 11) is 0. The maximum Gasteiger partial charge on any atom is 0.256 e. The summed E-state index contributed by atoms with van der Waals surface area (Å²) in [5.74, 6) is -0.0160. The molecule has 1 aliphatic carbocycles. The molecule has 1 amide bonds. The zero-order valence-electron chi connectivity index (χ0n) is 14.5. The highest BCUT2D eigenvalue weighted by molar-refractivity contribution is 6.06. The fourth-order valence-corrected chi connectivity index (χ4v) is 4.31. The van der Waals surface area contributed by atoms with Crippen molar-refractivity contribution in [1.29, 1.82) is 0 Å². The molecule has 4 rings (SSSR count). The number of carbonyl (C=O) groups is 2. The van der Waals surface area contributed by atoms with E-state index in [9.17, 15) is 9.59 Å². The number of carbonyl (C=O) groups excluding carboxylic acids is 2. The van der Waals surface area contributed by atoms with Crippen molar-refractivity contribution < 1.29 is 9.59 Å². The first kappa shape index (κ1) is 15.8. The lowest BCUT2D eigenvalue weighted by Crippen LogP contribution is -2.61. The molecule has 1 aliphatic heterocycles. The third kappa shape index (κ3) is 2.42. The Morgan fingerprint density at radius 1 is 1.20 bits per heavy atom. The number of likely N-dealkylation sites (tertiary alicyclic amines) is 1. The van der Waals surface area contributed by atoms with Gasteiger partial charge in [-0.05, 0) is 24.6 Å². The number of hydrogen-bond acceptors (Lipinski definition) is 4. The standard InChI is InChI=1S/C20H21N3O2/c1-19(2)10-20(9-15(21)17(19)24)11-23(12-20)18(25)14-7-3-5-13-6-4-8-22-16(13)14/h3-9H,10-12,21H2,1-2H3. The fourth-order valence-electron chi connectivity index (χ4n) is 4.31. The van der Waals surface area contributed by atoms with Gasteiger partial charge in [-0.1, -0.05) is 32.0 Å². The number of ketones is 1. The van der Waals surface area contributed by atoms with E-state index in [1.165, 1.54) is 0 Å². The molecule has 1 spiro atoms. The molecule has 128 valence electrons. The summed E-state index contributed by atoms with van der Waals surface area (Å²) in [4.78, 5) is 31.3. The van der Waals surface area contributed by atoms with E-state index in [0.29, 0.717) is 24.4 Å². The minimum Gasteiger partial charge on any atom is -0.396 e. The molecule has 2 aliphatic rings. The lowest BCUT2D eigenvalue weighted by Gasteiger charge is -2.53. The molecule has 1 saturated heterocycles. The second-order valence-electron chi connectivity index (χ2n) is 7.89. The summed E-state index contributed by atoms with van der Waals surface area (Å²) in [6, 6.07) is 9.48. The third-order valence-corrected chi connectivity index (χ3v) is 5.29. The summed E-state index contributed by atoms with van der Waals surface area (Å²) < 4.78 is 0. The van der Waals surface area contributed by atoms with Gasteiger partial charge in [-0.2, -0.15) is 0 Å². The van der Waals surface area contributed by atoms with Gasteiger partial charge in [-0.15, -0.1) is 0 Å². The lowest BCUT2D eigenvalue weighted by atomic mass is 9.62. The first-order valence-electron chi connectivity index (χ1n) is 8.48. The van der Waals surface area contributed by atoms with Gasteiger partial charge in [-0.3, -0.25) is 14.6 Å². The van der Waals surface area contributed by atoms with Crippen molar-refractivity contribution in [3.8, 4) is 0 Å². The quantitative estimate of drug-likeness (QED) is 0.869. The van der Waals surface area contributed by atoms with E-state index in [1.807, 2.05) is 55.2 Å². The highest BCUT2D eigenvalue weighted by Crippen LogP contribution is 2.47. The van der Waals surface area contributed by atoms with Crippen LogP contribution in [-0.2, 0) is 4.79 Å². The van der Waals surface area contributed by atoms with Gasteiger partial charge in [0.25, 0.3) is 5.91 Å². The van der Waals surface area contributed by atoms with Crippen LogP contribution in [-0.4, -0.2) is 34.7 Å². The van der Waals surface area contributed by atoms with Crippen LogP contribution < -0.4 is 5.73 Å². The number of nitrogens with zero attached hydrogens (tertiary/aromatic N) is 2. The Kier molecular flexibility index (Phi) is 3.26. The predicted octanol–water partition coefficient (Wildman–Crippen LogP) is 2.52. The Bertz CT molecular complexity index is 918. The number of para-hydroxylation sites is 1. The molecule has 5 heteroatoms. The van der Waals surface area contributed by atoms with E-state index >= 15 is 0 Å². The number of amides is 1. The maximum absolute atomic E-state index is 12.9. The molecule has 1 aromatic heterocycles. The molecule has 5 nitrogen and oxygen atoms in total. The highest BCUT2D eigenvalue weighted by Gasteiger charge is 2.51. The van der Waals surface area contributed by atoms with Crippen LogP contribution >= 0.6 is 0 Å². The summed E-state index contributed by atoms with van der Waals surface area (Å²) in [5, 5.41) is 0.956. The molecule has 2 N–H and O–H groups in total. The predicted molar refractivity (Wildman–Crippen MR) is 95.8 cm³/mol. The normalized spacial score (nSPS) is 21.1. The van der Waals surface area contributed by atoms with E-state index in [4.69, 9.17) is 5.73 Å². The monoisotopic (exact) mass is 335 g/mol. The zero-order chi connectivity index (χ0) is 17.8. The van der Waals surface area contributed by atoms with Crippen LogP contribution in [0.3, 0.4) is 0 Å². The van der Waals surface area contributed by atoms with E-state index < -0.39 is 5.41 Å². The minimum absolute atomic E-state index is 0.00107. The lowest BCUT2D eigenvalue weighted by molar-refractivity contribution is -0.127. The zero-order valence-corrected chi connectivity index (χ0v) is 14.5. The van der Waals surface area contributed by atoms with Crippen molar-refractivity contribution in [1.82, 2.24) is 9.88 Å². The molecule has 2 heterocycles. The number of rotatable bonds is 1. The summed E-state index contributed by atoms with van der Waals surface area (Å²) in [6.45, 7) is 5.03. The number of nitrogens with two attached hydrogens (primary N) is 1. The van der Waals surface area contributed by atoms with Gasteiger partial charge in [0, 0.05) is 35.5 Å². The molecule has 25 heavy (non-hydrogen) atoms. The average molecular weight is 335 g/mol. The number of benzene rings is 1. The Labute approximate surface area is 146 Å². The van der Waals surface area contributed by atoms with Crippen LogP contribution in [0.4, 0.5) is 0 Å². The van der Waals surface area contributed by atoms with Crippen molar-refractivity contribution in [2.24, 2.45) is 16.6 Å². The van der Waals surface area contributed by atoms with Crippen LogP contribution in [0.1, 0.15) is 30.6 Å². The summed E-state index contributed by atoms with van der Waals surface area (Å²) >= 11 is 0. The van der Waals surface area contributed by atoms with E-state index in [-0.39, 0.29) is 17.1 Å². The molecular weight excluding hydrogens is 314 g/mol. The number of aromatic nitrogens is 1. The van der Waals surface area contributed by atoms with Crippen molar-refractivity contribution >= 4 is 22.6 Å². The van der Waals surface area contributed by atoms with E-state index in [0.717, 1.165) is 17.3 Å². The Morgan fingerprint density at radius 2 is 1.92 bits per heavy atom. The molecule has 0 saturated carbocycles. The number of pyridine rings is 1. The van der Waals surface area contributed by atoms with Crippen molar-refractivity contribution in [2.75, 3.05) is 13.1 Å². The van der Waals surface area contributed by atoms with Crippen molar-refractivity contribution in [3.63, 3.8) is 0 Å². The van der Waals surface area contributed by atoms with Gasteiger partial charge in [0.1, 0.15) is 0 Å². The maximum atomic E-state index is 12.9. The Balaban J connectivity index is 1.60. The molecule has 0 unspecified atom stereocenters. The van der Waals surface area contributed by atoms with Crippen LogP contribution in [0.25, 0.3) is 10.9 Å². The van der Waals surface area contributed by atoms with Gasteiger partial charge in [0.15, 0.2) is 5.78 Å². The number of Topliss-reactive ketones (excluding diaryl/α,β-unsaturated/α-hetero) is 1. The number of fused-ring (bicyclic) bond motifs is 1. The minimum atomic E-state index is -0.477. The average Bonchev–Trinajstić information content (AvgIpc) is 2.56. The first-order valence-corrected chi connectivity index (χ1v) is 8.48. The van der Waals surface area contributed by atoms with Crippen molar-refractivity contribution in [2.45, 2.75) is 20.3 Å². The van der Waals surface area contributed by atoms with Gasteiger partial charge in [0.05, 0.1) is 16.8 Å². The smallest absolute Gasteiger partial charge is 0.256 e. The van der Waals surface area contributed by atoms with Gasteiger partial charge < -0.3 is 10.6 Å². The summed E-state index contributed by atoms with van der Waals surface area (Å²) in [5.41, 5.74) is 6.96. The molecule has 0 radical (unpaired) electrons. The second kappa shape index (κ2) is 5.15. The summed E-state index contributed by atoms with van der Waals surface area (Å²) in [6.07, 6.45) is 4.29. The van der Waals surface area contributed by atoms with Crippen LogP contribution in [0, 0.1) is 10.8 Å². The van der Waals surface area contributed by atoms with E-state index in [1.54, 1.807) is 6.20 Å². The fraction of sp³-hybridized carbons (Fsp3) is 0.350. The van der Waals surface area contributed by atoms with Gasteiger partial charge >= 0.3 is 0 Å². The largest absolute Gasteiger partial charge is 0.396 e. The molecule has 2 aromatic rings. The third-order valence-electron chi connectivity index (χ3n) is 5.29. The van der Waals surface area contributed by atoms with Crippen LogP contribution in [0.15, 0.2) is 48.3 Å². The Hall–Kier alpha value is -2.69. The molecular formula is C20H21N3O2.